The van der Waals surface area contributed by atoms with Crippen molar-refractivity contribution in [1.29, 1.82) is 0 Å². The highest BCUT2D eigenvalue weighted by Crippen LogP contribution is 2.39. The Bertz CT molecular complexity index is 1150. The second-order valence-corrected chi connectivity index (χ2v) is 10.3. The maximum atomic E-state index is 13.5. The van der Waals surface area contributed by atoms with E-state index >= 15 is 0 Å². The molecule has 0 radical (unpaired) electrons. The second-order valence-electron chi connectivity index (χ2n) is 8.12. The van der Waals surface area contributed by atoms with Crippen LogP contribution in [0.4, 0.5) is 0 Å². The molecule has 34 heavy (non-hydrogen) atoms. The Kier molecular flexibility index (Phi) is 6.43. The van der Waals surface area contributed by atoms with Crippen molar-refractivity contribution in [2.45, 2.75) is 30.1 Å². The highest BCUT2D eigenvalue weighted by atomic mass is 32.2. The molecule has 2 aliphatic heterocycles. The third-order valence-electron chi connectivity index (χ3n) is 5.71. The van der Waals surface area contributed by atoms with E-state index in [1.165, 1.54) is 0 Å². The normalized spacial score (nSPS) is 23.7. The average Bonchev–Trinajstić information content (AvgIpc) is 3.40. The van der Waals surface area contributed by atoms with Crippen molar-refractivity contribution in [2.75, 3.05) is 12.9 Å². The number of aliphatic hydroxyl groups is 1. The summed E-state index contributed by atoms with van der Waals surface area (Å²) >= 11 is 0. The number of aliphatic hydroxyl groups excluding tert-OH is 1. The van der Waals surface area contributed by atoms with Crippen LogP contribution in [0.5, 0.6) is 0 Å². The van der Waals surface area contributed by atoms with Crippen LogP contribution >= 0.6 is 0 Å². The van der Waals surface area contributed by atoms with Crippen LogP contribution in [-0.4, -0.2) is 60.5 Å². The molecule has 0 aromatic heterocycles. The molecule has 4 rings (SSSR count). The Hall–Kier alpha value is -3.28. The molecule has 2 saturated heterocycles. The van der Waals surface area contributed by atoms with Gasteiger partial charge in [-0.05, 0) is 11.1 Å². The Morgan fingerprint density at radius 2 is 1.65 bits per heavy atom. The molecule has 1 amide bonds. The second kappa shape index (κ2) is 9.16. The van der Waals surface area contributed by atoms with Gasteiger partial charge >= 0.3 is 17.7 Å². The number of sulfone groups is 1. The van der Waals surface area contributed by atoms with E-state index in [0.29, 0.717) is 16.2 Å². The van der Waals surface area contributed by atoms with Gasteiger partial charge in [0, 0.05) is 12.7 Å². The van der Waals surface area contributed by atoms with Crippen LogP contribution < -0.4 is 0 Å². The molecule has 180 valence electrons. The van der Waals surface area contributed by atoms with Crippen molar-refractivity contribution in [3.63, 3.8) is 0 Å². The van der Waals surface area contributed by atoms with E-state index in [1.54, 1.807) is 60.7 Å². The number of rotatable bonds is 7. The van der Waals surface area contributed by atoms with Crippen molar-refractivity contribution in [3.8, 4) is 0 Å². The number of amides is 1. The molecule has 11 heteroatoms. The molecule has 1 N–H and O–H groups in total. The molecule has 10 nitrogen and oxygen atoms in total. The zero-order chi connectivity index (χ0) is 24.5. The first kappa shape index (κ1) is 23.9. The van der Waals surface area contributed by atoms with Gasteiger partial charge < -0.3 is 14.6 Å². The highest BCUT2D eigenvalue weighted by molar-refractivity contribution is 7.91. The number of hydrogen-bond donors (Lipinski definition) is 1. The van der Waals surface area contributed by atoms with E-state index in [2.05, 4.69) is 0 Å². The number of esters is 2. The van der Waals surface area contributed by atoms with E-state index in [1.807, 2.05) is 0 Å². The van der Waals surface area contributed by atoms with Crippen LogP contribution in [0.3, 0.4) is 0 Å². The molecule has 0 bridgehead atoms. The van der Waals surface area contributed by atoms with E-state index in [9.17, 15) is 27.9 Å². The van der Waals surface area contributed by atoms with Crippen molar-refractivity contribution < 1.29 is 42.2 Å². The van der Waals surface area contributed by atoms with E-state index in [-0.39, 0.29) is 12.8 Å². The van der Waals surface area contributed by atoms with E-state index in [0.717, 1.165) is 6.26 Å². The molecular formula is C23H23NO9S. The number of carbonyl (C=O) groups excluding carboxylic acids is 3. The Labute approximate surface area is 195 Å². The minimum absolute atomic E-state index is 0.192. The number of ether oxygens (including phenoxy) is 2. The number of nitrogens with zero attached hydrogens (tertiary/aromatic N) is 1. The number of cyclic esters (lactones) is 1. The number of benzene rings is 2. The fourth-order valence-corrected chi connectivity index (χ4v) is 4.73. The summed E-state index contributed by atoms with van der Waals surface area (Å²) in [5.74, 6) is -4.30. The molecule has 0 aliphatic carbocycles. The lowest BCUT2D eigenvalue weighted by Crippen LogP contribution is -2.56. The monoisotopic (exact) mass is 489 g/mol. The van der Waals surface area contributed by atoms with Crippen molar-refractivity contribution >= 4 is 27.7 Å². The molecule has 0 saturated carbocycles. The fraction of sp³-hybridized carbons (Fsp3) is 0.348. The quantitative estimate of drug-likeness (QED) is 0.567. The molecule has 3 atom stereocenters. The van der Waals surface area contributed by atoms with Gasteiger partial charge in [-0.15, -0.1) is 0 Å². The Morgan fingerprint density at radius 3 is 2.12 bits per heavy atom. The molecular weight excluding hydrogens is 466 g/mol. The zero-order valence-corrected chi connectivity index (χ0v) is 19.0. The summed E-state index contributed by atoms with van der Waals surface area (Å²) in [4.78, 5) is 43.9. The van der Waals surface area contributed by atoms with Crippen molar-refractivity contribution in [3.05, 3.63) is 71.8 Å². The number of hydroxylamine groups is 2. The largest absolute Gasteiger partial charge is 0.448 e. The van der Waals surface area contributed by atoms with Gasteiger partial charge in [-0.25, -0.2) is 13.2 Å². The minimum atomic E-state index is -4.00. The lowest BCUT2D eigenvalue weighted by molar-refractivity contribution is -0.260. The van der Waals surface area contributed by atoms with E-state index in [4.69, 9.17) is 14.3 Å². The van der Waals surface area contributed by atoms with Crippen LogP contribution in [0.1, 0.15) is 30.1 Å². The van der Waals surface area contributed by atoms with Gasteiger partial charge in [0.05, 0.1) is 13.0 Å². The summed E-state index contributed by atoms with van der Waals surface area (Å²) in [6.07, 6.45) is -0.560. The lowest BCUT2D eigenvalue weighted by atomic mass is 10.0. The topological polar surface area (TPSA) is 137 Å². The molecule has 2 aromatic carbocycles. The summed E-state index contributed by atoms with van der Waals surface area (Å²) in [7, 11) is -4.00. The van der Waals surface area contributed by atoms with Crippen LogP contribution in [0, 0.1) is 5.92 Å². The standard InChI is InChI=1S/C23H23NO9S/c1-34(29,30)21(27)17-14-31-24(20(17)26)23(13-12-18(25)33-23)22(28)32-19(15-8-4-2-5-9-15)16-10-6-3-7-11-16/h2-11,17,19,21,27H,12-14H2,1H3/t17-,21?,23?/m0/s1. The maximum Gasteiger partial charge on any atom is 0.376 e. The van der Waals surface area contributed by atoms with Crippen LogP contribution in [0.2, 0.25) is 0 Å². The third-order valence-corrected chi connectivity index (χ3v) is 6.92. The summed E-state index contributed by atoms with van der Waals surface area (Å²) in [5, 5.41) is 10.6. The Morgan fingerprint density at radius 1 is 1.09 bits per heavy atom. The Balaban J connectivity index is 1.67. The molecule has 2 fully saturated rings. The predicted molar refractivity (Wildman–Crippen MR) is 116 cm³/mol. The summed E-state index contributed by atoms with van der Waals surface area (Å²) in [6.45, 7) is -0.513. The number of carbonyl (C=O) groups is 3. The van der Waals surface area contributed by atoms with E-state index < -0.39 is 57.5 Å². The molecule has 0 spiro atoms. The fourth-order valence-electron chi connectivity index (χ4n) is 3.94. The van der Waals surface area contributed by atoms with Gasteiger partial charge in [0.25, 0.3) is 5.91 Å². The van der Waals surface area contributed by atoms with Crippen LogP contribution in [0.25, 0.3) is 0 Å². The van der Waals surface area contributed by atoms with Gasteiger partial charge in [0.1, 0.15) is 5.92 Å². The van der Waals surface area contributed by atoms with Gasteiger partial charge in [0.15, 0.2) is 21.4 Å². The zero-order valence-electron chi connectivity index (χ0n) is 18.2. The first-order valence-corrected chi connectivity index (χ1v) is 12.5. The first-order valence-electron chi connectivity index (χ1n) is 10.5. The third kappa shape index (κ3) is 4.41. The predicted octanol–water partition coefficient (Wildman–Crippen LogP) is 1.11. The van der Waals surface area contributed by atoms with Gasteiger partial charge in [0.2, 0.25) is 0 Å². The van der Waals surface area contributed by atoms with Gasteiger partial charge in [-0.1, -0.05) is 60.7 Å². The minimum Gasteiger partial charge on any atom is -0.448 e. The van der Waals surface area contributed by atoms with Crippen LogP contribution in [-0.2, 0) is 38.5 Å². The SMILES string of the molecule is CS(=O)(=O)C(O)[C@H]1CON(C2(C(=O)OC(c3ccccc3)c3ccccc3)CCC(=O)O2)C1=O. The molecule has 2 heterocycles. The van der Waals surface area contributed by atoms with Crippen molar-refractivity contribution in [2.24, 2.45) is 5.92 Å². The van der Waals surface area contributed by atoms with Crippen molar-refractivity contribution in [1.82, 2.24) is 5.06 Å². The highest BCUT2D eigenvalue weighted by Gasteiger charge is 2.61. The first-order chi connectivity index (χ1) is 16.1. The molecule has 2 unspecified atom stereocenters. The lowest BCUT2D eigenvalue weighted by Gasteiger charge is -2.34. The molecule has 2 aliphatic rings. The average molecular weight is 490 g/mol. The summed E-state index contributed by atoms with van der Waals surface area (Å²) in [5.41, 5.74) is -3.01. The molecule has 2 aromatic rings. The maximum absolute atomic E-state index is 13.5. The summed E-state index contributed by atoms with van der Waals surface area (Å²) in [6, 6.07) is 17.7. The number of hydrogen-bond acceptors (Lipinski definition) is 9. The van der Waals surface area contributed by atoms with Gasteiger partial charge in [-0.3, -0.25) is 14.4 Å². The van der Waals surface area contributed by atoms with Gasteiger partial charge in [-0.2, -0.15) is 5.06 Å². The van der Waals surface area contributed by atoms with Crippen LogP contribution in [0.15, 0.2) is 60.7 Å². The smallest absolute Gasteiger partial charge is 0.376 e. The summed E-state index contributed by atoms with van der Waals surface area (Å²) < 4.78 is 34.6.